The molecule has 0 aliphatic rings. The SMILES string of the molecule is COCCOCOC(CO)=C(F)F. The van der Waals surface area contributed by atoms with Gasteiger partial charge in [-0.25, -0.2) is 0 Å². The normalized spacial score (nSPS) is 9.85. The number of hydrogen-bond donors (Lipinski definition) is 1. The van der Waals surface area contributed by atoms with Gasteiger partial charge in [0.05, 0.1) is 13.2 Å². The fraction of sp³-hybridized carbons (Fsp3) is 0.714. The molecule has 13 heavy (non-hydrogen) atoms. The minimum absolute atomic E-state index is 0.253. The van der Waals surface area contributed by atoms with Gasteiger partial charge in [-0.15, -0.1) is 0 Å². The first-order chi connectivity index (χ1) is 6.22. The Bertz CT molecular complexity index is 157. The highest BCUT2D eigenvalue weighted by Crippen LogP contribution is 2.07. The summed E-state index contributed by atoms with van der Waals surface area (Å²) in [6, 6.07) is 0. The summed E-state index contributed by atoms with van der Waals surface area (Å²) >= 11 is 0. The van der Waals surface area contributed by atoms with Gasteiger partial charge in [0.25, 0.3) is 0 Å². The van der Waals surface area contributed by atoms with Crippen LogP contribution in [0, 0.1) is 0 Å². The topological polar surface area (TPSA) is 47.9 Å². The van der Waals surface area contributed by atoms with Crippen molar-refractivity contribution in [3.8, 4) is 0 Å². The molecular weight excluding hydrogens is 186 g/mol. The van der Waals surface area contributed by atoms with E-state index in [9.17, 15) is 8.78 Å². The third kappa shape index (κ3) is 6.44. The van der Waals surface area contributed by atoms with E-state index in [2.05, 4.69) is 9.47 Å². The summed E-state index contributed by atoms with van der Waals surface area (Å²) in [6.07, 6.45) is -2.04. The quantitative estimate of drug-likeness (QED) is 0.372. The van der Waals surface area contributed by atoms with Crippen LogP contribution in [0.3, 0.4) is 0 Å². The Morgan fingerprint density at radius 2 is 2.00 bits per heavy atom. The highest BCUT2D eigenvalue weighted by molar-refractivity contribution is 4.91. The molecule has 0 aliphatic heterocycles. The summed E-state index contributed by atoms with van der Waals surface area (Å²) in [5.74, 6) is -0.766. The number of aliphatic hydroxyl groups is 1. The van der Waals surface area contributed by atoms with E-state index in [-0.39, 0.29) is 13.4 Å². The number of methoxy groups -OCH3 is 1. The van der Waals surface area contributed by atoms with E-state index in [4.69, 9.17) is 9.84 Å². The Morgan fingerprint density at radius 1 is 1.31 bits per heavy atom. The Hall–Kier alpha value is -0.720. The lowest BCUT2D eigenvalue weighted by Gasteiger charge is -2.07. The minimum atomic E-state index is -2.04. The summed E-state index contributed by atoms with van der Waals surface area (Å²) in [7, 11) is 1.49. The molecule has 0 saturated heterocycles. The van der Waals surface area contributed by atoms with Crippen molar-refractivity contribution in [2.24, 2.45) is 0 Å². The van der Waals surface area contributed by atoms with Gasteiger partial charge in [-0.3, -0.25) is 0 Å². The standard InChI is InChI=1S/C7H12F2O4/c1-11-2-3-12-5-13-6(4-10)7(8)9/h10H,2-5H2,1H3. The largest absolute Gasteiger partial charge is 0.464 e. The van der Waals surface area contributed by atoms with Crippen molar-refractivity contribution in [1.82, 2.24) is 0 Å². The van der Waals surface area contributed by atoms with Gasteiger partial charge < -0.3 is 19.3 Å². The number of ether oxygens (including phenoxy) is 3. The molecule has 6 heteroatoms. The van der Waals surface area contributed by atoms with Gasteiger partial charge in [0.2, 0.25) is 0 Å². The van der Waals surface area contributed by atoms with Crippen molar-refractivity contribution < 1.29 is 28.1 Å². The lowest BCUT2D eigenvalue weighted by Crippen LogP contribution is -2.07. The van der Waals surface area contributed by atoms with Gasteiger partial charge >= 0.3 is 6.08 Å². The van der Waals surface area contributed by atoms with Crippen LogP contribution in [0.1, 0.15) is 0 Å². The van der Waals surface area contributed by atoms with Crippen molar-refractivity contribution in [3.05, 3.63) is 11.8 Å². The van der Waals surface area contributed by atoms with Crippen molar-refractivity contribution in [1.29, 1.82) is 0 Å². The zero-order chi connectivity index (χ0) is 10.1. The number of hydrogen-bond acceptors (Lipinski definition) is 4. The number of halogens is 2. The number of rotatable bonds is 7. The Balaban J connectivity index is 3.46. The Kier molecular flexibility index (Phi) is 7.47. The predicted molar refractivity (Wildman–Crippen MR) is 40.1 cm³/mol. The second-order valence-corrected chi connectivity index (χ2v) is 2.00. The van der Waals surface area contributed by atoms with Gasteiger partial charge in [0, 0.05) is 7.11 Å². The molecule has 0 aromatic carbocycles. The molecule has 0 spiro atoms. The van der Waals surface area contributed by atoms with Crippen molar-refractivity contribution in [2.45, 2.75) is 0 Å². The fourth-order valence-electron chi connectivity index (χ4n) is 0.474. The van der Waals surface area contributed by atoms with Gasteiger partial charge in [0.15, 0.2) is 12.6 Å². The maximum Gasteiger partial charge on any atom is 0.310 e. The Labute approximate surface area is 74.7 Å². The molecule has 78 valence electrons. The average Bonchev–Trinajstić information content (AvgIpc) is 2.10. The average molecular weight is 198 g/mol. The molecule has 0 aromatic rings. The summed E-state index contributed by atoms with van der Waals surface area (Å²) in [6.45, 7) is -0.546. The lowest BCUT2D eigenvalue weighted by atomic mass is 10.6. The third-order valence-corrected chi connectivity index (χ3v) is 1.10. The van der Waals surface area contributed by atoms with Crippen LogP contribution in [0.2, 0.25) is 0 Å². The first-order valence-corrected chi connectivity index (χ1v) is 3.56. The molecule has 0 fully saturated rings. The van der Waals surface area contributed by atoms with E-state index in [0.717, 1.165) is 0 Å². The third-order valence-electron chi connectivity index (χ3n) is 1.10. The maximum atomic E-state index is 11.8. The van der Waals surface area contributed by atoms with Crippen LogP contribution in [-0.2, 0) is 14.2 Å². The molecule has 0 rings (SSSR count). The predicted octanol–water partition coefficient (Wildman–Crippen LogP) is 0.724. The van der Waals surface area contributed by atoms with E-state index in [1.807, 2.05) is 0 Å². The molecule has 0 bridgehead atoms. The monoisotopic (exact) mass is 198 g/mol. The van der Waals surface area contributed by atoms with Crippen LogP contribution in [0.15, 0.2) is 11.8 Å². The van der Waals surface area contributed by atoms with E-state index in [1.54, 1.807) is 0 Å². The van der Waals surface area contributed by atoms with E-state index in [0.29, 0.717) is 6.61 Å². The van der Waals surface area contributed by atoms with Crippen LogP contribution in [-0.4, -0.2) is 38.8 Å². The molecule has 0 unspecified atom stereocenters. The molecule has 1 N–H and O–H groups in total. The van der Waals surface area contributed by atoms with Crippen molar-refractivity contribution >= 4 is 0 Å². The van der Waals surface area contributed by atoms with Crippen molar-refractivity contribution in [2.75, 3.05) is 33.7 Å². The number of aliphatic hydroxyl groups excluding tert-OH is 1. The van der Waals surface area contributed by atoms with E-state index < -0.39 is 18.4 Å². The summed E-state index contributed by atoms with van der Waals surface area (Å²) in [4.78, 5) is 0. The van der Waals surface area contributed by atoms with Crippen LogP contribution in [0.25, 0.3) is 0 Å². The molecule has 0 heterocycles. The first kappa shape index (κ1) is 12.3. The zero-order valence-electron chi connectivity index (χ0n) is 7.26. The summed E-state index contributed by atoms with van der Waals surface area (Å²) < 4.78 is 37.3. The van der Waals surface area contributed by atoms with E-state index in [1.165, 1.54) is 7.11 Å². The van der Waals surface area contributed by atoms with Gasteiger partial charge in [0.1, 0.15) is 6.61 Å². The van der Waals surface area contributed by atoms with Gasteiger partial charge in [-0.05, 0) is 0 Å². The zero-order valence-corrected chi connectivity index (χ0v) is 7.26. The molecule has 0 aliphatic carbocycles. The fourth-order valence-corrected chi connectivity index (χ4v) is 0.474. The first-order valence-electron chi connectivity index (χ1n) is 3.56. The van der Waals surface area contributed by atoms with Gasteiger partial charge in [-0.2, -0.15) is 8.78 Å². The molecular formula is C7H12F2O4. The van der Waals surface area contributed by atoms with Crippen LogP contribution >= 0.6 is 0 Å². The molecule has 0 amide bonds. The molecule has 4 nitrogen and oxygen atoms in total. The van der Waals surface area contributed by atoms with Crippen LogP contribution in [0.4, 0.5) is 8.78 Å². The summed E-state index contributed by atoms with van der Waals surface area (Å²) in [5, 5.41) is 8.36. The highest BCUT2D eigenvalue weighted by atomic mass is 19.3. The van der Waals surface area contributed by atoms with Gasteiger partial charge in [-0.1, -0.05) is 0 Å². The van der Waals surface area contributed by atoms with Crippen LogP contribution < -0.4 is 0 Å². The molecule has 0 atom stereocenters. The molecule has 0 saturated carbocycles. The summed E-state index contributed by atoms with van der Waals surface area (Å²) in [5.41, 5.74) is 0. The second kappa shape index (κ2) is 7.90. The van der Waals surface area contributed by atoms with Crippen molar-refractivity contribution in [3.63, 3.8) is 0 Å². The van der Waals surface area contributed by atoms with Crippen LogP contribution in [0.5, 0.6) is 0 Å². The van der Waals surface area contributed by atoms with E-state index >= 15 is 0 Å². The molecule has 0 aromatic heterocycles. The lowest BCUT2D eigenvalue weighted by molar-refractivity contribution is -0.0498. The second-order valence-electron chi connectivity index (χ2n) is 2.00. The molecule has 0 radical (unpaired) electrons. The minimum Gasteiger partial charge on any atom is -0.464 e. The highest BCUT2D eigenvalue weighted by Gasteiger charge is 2.05. The maximum absolute atomic E-state index is 11.8. The Morgan fingerprint density at radius 3 is 2.46 bits per heavy atom. The smallest absolute Gasteiger partial charge is 0.310 e.